The second kappa shape index (κ2) is 8.50. The number of aryl methyl sites for hydroxylation is 1. The van der Waals surface area contributed by atoms with Gasteiger partial charge in [0, 0.05) is 0 Å². The molecule has 0 aromatic heterocycles. The fraction of sp³-hybridized carbons (Fsp3) is 0.273. The first-order valence-electron chi connectivity index (χ1n) is 8.72. The number of ketones is 1. The molecule has 0 saturated heterocycles. The highest BCUT2D eigenvalue weighted by atomic mass is 19.4. The molecule has 2 aromatic carbocycles. The van der Waals surface area contributed by atoms with Crippen LogP contribution >= 0.6 is 0 Å². The van der Waals surface area contributed by atoms with E-state index in [0.29, 0.717) is 5.75 Å². The minimum Gasteiger partial charge on any atom is -0.457 e. The highest BCUT2D eigenvalue weighted by Gasteiger charge is 2.35. The minimum atomic E-state index is -4.73. The van der Waals surface area contributed by atoms with Gasteiger partial charge in [0.15, 0.2) is 5.78 Å². The van der Waals surface area contributed by atoms with Gasteiger partial charge in [-0.2, -0.15) is 18.4 Å². The Balaban J connectivity index is 2.51. The second-order valence-corrected chi connectivity index (χ2v) is 7.16. The molecule has 1 N–H and O–H groups in total. The predicted octanol–water partition coefficient (Wildman–Crippen LogP) is 5.30. The van der Waals surface area contributed by atoms with E-state index in [-0.39, 0.29) is 11.3 Å². The standard InChI is InChI=1S/C22H20F3NO3/c1-14-6-4-5-7-19(14)29-17-9-8-15(18(11-17)22(23,24)25)10-16(12-26)20(28)21(2,3)13-27/h4-11,27H,13H2,1-3H3. The van der Waals surface area contributed by atoms with Gasteiger partial charge in [0.1, 0.15) is 17.6 Å². The highest BCUT2D eigenvalue weighted by molar-refractivity contribution is 6.06. The molecule has 0 atom stereocenters. The molecule has 0 spiro atoms. The van der Waals surface area contributed by atoms with Gasteiger partial charge < -0.3 is 9.84 Å². The first kappa shape index (κ1) is 22.2. The van der Waals surface area contributed by atoms with Crippen molar-refractivity contribution in [1.29, 1.82) is 5.26 Å². The number of para-hydroxylation sites is 1. The molecule has 152 valence electrons. The molecular formula is C22H20F3NO3. The number of aliphatic hydroxyl groups is 1. The summed E-state index contributed by atoms with van der Waals surface area (Å²) < 4.78 is 46.4. The Labute approximate surface area is 166 Å². The molecule has 0 heterocycles. The van der Waals surface area contributed by atoms with E-state index in [1.165, 1.54) is 19.9 Å². The summed E-state index contributed by atoms with van der Waals surface area (Å²) in [6.07, 6.45) is -3.84. The van der Waals surface area contributed by atoms with Crippen molar-refractivity contribution in [1.82, 2.24) is 0 Å². The van der Waals surface area contributed by atoms with Crippen LogP contribution in [0, 0.1) is 23.7 Å². The van der Waals surface area contributed by atoms with E-state index in [9.17, 15) is 28.3 Å². The van der Waals surface area contributed by atoms with Gasteiger partial charge in [-0.1, -0.05) is 38.1 Å². The number of carbonyl (C=O) groups excluding carboxylic acids is 1. The molecule has 0 radical (unpaired) electrons. The van der Waals surface area contributed by atoms with Crippen molar-refractivity contribution < 1.29 is 27.8 Å². The Morgan fingerprint density at radius 1 is 1.21 bits per heavy atom. The van der Waals surface area contributed by atoms with Crippen molar-refractivity contribution in [3.8, 4) is 17.6 Å². The lowest BCUT2D eigenvalue weighted by molar-refractivity contribution is -0.137. The zero-order valence-corrected chi connectivity index (χ0v) is 16.2. The number of nitrogens with zero attached hydrogens (tertiary/aromatic N) is 1. The van der Waals surface area contributed by atoms with Crippen molar-refractivity contribution in [2.75, 3.05) is 6.61 Å². The number of halogens is 3. The third kappa shape index (κ3) is 5.24. The number of alkyl halides is 3. The van der Waals surface area contributed by atoms with Gasteiger partial charge in [0.05, 0.1) is 23.2 Å². The lowest BCUT2D eigenvalue weighted by Gasteiger charge is -2.19. The van der Waals surface area contributed by atoms with Crippen LogP contribution < -0.4 is 4.74 Å². The smallest absolute Gasteiger partial charge is 0.417 e. The number of benzene rings is 2. The Hall–Kier alpha value is -3.11. The van der Waals surface area contributed by atoms with Gasteiger partial charge in [-0.15, -0.1) is 0 Å². The van der Waals surface area contributed by atoms with Gasteiger partial charge in [-0.25, -0.2) is 0 Å². The van der Waals surface area contributed by atoms with Crippen LogP contribution in [0.25, 0.3) is 6.08 Å². The first-order valence-corrected chi connectivity index (χ1v) is 8.72. The van der Waals surface area contributed by atoms with Crippen LogP contribution in [0.1, 0.15) is 30.5 Å². The topological polar surface area (TPSA) is 70.3 Å². The molecule has 2 rings (SSSR count). The largest absolute Gasteiger partial charge is 0.457 e. The van der Waals surface area contributed by atoms with Gasteiger partial charge in [-0.3, -0.25) is 4.79 Å². The maximum atomic E-state index is 13.6. The summed E-state index contributed by atoms with van der Waals surface area (Å²) in [5, 5.41) is 18.6. The maximum absolute atomic E-state index is 13.6. The SMILES string of the molecule is Cc1ccccc1Oc1ccc(C=C(C#N)C(=O)C(C)(C)CO)c(C(F)(F)F)c1. The molecule has 0 aliphatic carbocycles. The number of nitriles is 1. The Kier molecular flexibility index (Phi) is 6.50. The maximum Gasteiger partial charge on any atom is 0.417 e. The summed E-state index contributed by atoms with van der Waals surface area (Å²) in [6.45, 7) is 4.04. The summed E-state index contributed by atoms with van der Waals surface area (Å²) in [6, 6.07) is 11.8. The number of hydrogen-bond donors (Lipinski definition) is 1. The average molecular weight is 403 g/mol. The Morgan fingerprint density at radius 2 is 1.86 bits per heavy atom. The number of ether oxygens (including phenoxy) is 1. The molecule has 0 unspecified atom stereocenters. The van der Waals surface area contributed by atoms with Gasteiger partial charge in [0.2, 0.25) is 0 Å². The van der Waals surface area contributed by atoms with Crippen LogP contribution in [0.3, 0.4) is 0 Å². The molecule has 0 aliphatic heterocycles. The number of Topliss-reactive ketones (excluding diaryl/α,β-unsaturated/α-hetero) is 1. The molecule has 0 aliphatic rings. The number of allylic oxidation sites excluding steroid dienone is 1. The number of carbonyl (C=O) groups is 1. The molecule has 0 fully saturated rings. The molecule has 0 bridgehead atoms. The summed E-state index contributed by atoms with van der Waals surface area (Å²) in [5.41, 5.74) is -2.37. The zero-order valence-electron chi connectivity index (χ0n) is 16.2. The molecule has 0 amide bonds. The van der Waals surface area contributed by atoms with E-state index in [1.54, 1.807) is 37.3 Å². The summed E-state index contributed by atoms with van der Waals surface area (Å²) in [7, 11) is 0. The molecule has 4 nitrogen and oxygen atoms in total. The molecule has 2 aromatic rings. The minimum absolute atomic E-state index is 0.0238. The van der Waals surface area contributed by atoms with E-state index >= 15 is 0 Å². The zero-order chi connectivity index (χ0) is 21.8. The summed E-state index contributed by atoms with van der Waals surface area (Å²) in [5.74, 6) is -0.346. The fourth-order valence-corrected chi connectivity index (χ4v) is 2.51. The van der Waals surface area contributed by atoms with E-state index < -0.39 is 35.1 Å². The number of aliphatic hydroxyl groups excluding tert-OH is 1. The van der Waals surface area contributed by atoms with Crippen LogP contribution in [0.4, 0.5) is 13.2 Å². The van der Waals surface area contributed by atoms with Crippen LogP contribution in [0.5, 0.6) is 11.5 Å². The van der Waals surface area contributed by atoms with E-state index in [2.05, 4.69) is 0 Å². The normalized spacial score (nSPS) is 12.4. The molecular weight excluding hydrogens is 383 g/mol. The van der Waals surface area contributed by atoms with Crippen LogP contribution in [0.15, 0.2) is 48.0 Å². The predicted molar refractivity (Wildman–Crippen MR) is 102 cm³/mol. The lowest BCUT2D eigenvalue weighted by Crippen LogP contribution is -2.29. The lowest BCUT2D eigenvalue weighted by atomic mass is 9.84. The third-order valence-electron chi connectivity index (χ3n) is 4.33. The van der Waals surface area contributed by atoms with Crippen molar-refractivity contribution in [2.24, 2.45) is 5.41 Å². The van der Waals surface area contributed by atoms with Crippen molar-refractivity contribution >= 4 is 11.9 Å². The second-order valence-electron chi connectivity index (χ2n) is 7.16. The molecule has 29 heavy (non-hydrogen) atoms. The summed E-state index contributed by atoms with van der Waals surface area (Å²) >= 11 is 0. The summed E-state index contributed by atoms with van der Waals surface area (Å²) in [4.78, 5) is 12.4. The van der Waals surface area contributed by atoms with Crippen LogP contribution in [-0.2, 0) is 11.0 Å². The molecule has 0 saturated carbocycles. The van der Waals surface area contributed by atoms with E-state index in [1.807, 2.05) is 0 Å². The highest BCUT2D eigenvalue weighted by Crippen LogP contribution is 2.37. The number of rotatable bonds is 6. The van der Waals surface area contributed by atoms with Crippen molar-refractivity contribution in [2.45, 2.75) is 26.9 Å². The fourth-order valence-electron chi connectivity index (χ4n) is 2.51. The van der Waals surface area contributed by atoms with Gasteiger partial charge >= 0.3 is 6.18 Å². The average Bonchev–Trinajstić information content (AvgIpc) is 2.67. The monoisotopic (exact) mass is 403 g/mol. The Bertz CT molecular complexity index is 986. The molecule has 7 heteroatoms. The van der Waals surface area contributed by atoms with E-state index in [0.717, 1.165) is 23.8 Å². The quantitative estimate of drug-likeness (QED) is 0.525. The van der Waals surface area contributed by atoms with Crippen LogP contribution in [-0.4, -0.2) is 17.5 Å². The van der Waals surface area contributed by atoms with E-state index in [4.69, 9.17) is 4.74 Å². The number of hydrogen-bond acceptors (Lipinski definition) is 4. The Morgan fingerprint density at radius 3 is 2.41 bits per heavy atom. The third-order valence-corrected chi connectivity index (χ3v) is 4.33. The van der Waals surface area contributed by atoms with Crippen molar-refractivity contribution in [3.05, 3.63) is 64.7 Å². The first-order chi connectivity index (χ1) is 13.5. The van der Waals surface area contributed by atoms with Crippen LogP contribution in [0.2, 0.25) is 0 Å². The van der Waals surface area contributed by atoms with Gasteiger partial charge in [-0.05, 0) is 42.3 Å². The van der Waals surface area contributed by atoms with Crippen molar-refractivity contribution in [3.63, 3.8) is 0 Å². The van der Waals surface area contributed by atoms with Gasteiger partial charge in [0.25, 0.3) is 0 Å².